The molecule has 0 aliphatic carbocycles. The second kappa shape index (κ2) is 4.13. The van der Waals surface area contributed by atoms with E-state index in [0.717, 1.165) is 10.2 Å². The highest BCUT2D eigenvalue weighted by Gasteiger charge is 2.05. The predicted molar refractivity (Wildman–Crippen MR) is 60.5 cm³/mol. The largest absolute Gasteiger partial charge is 0.395 e. The molecule has 0 saturated carbocycles. The van der Waals surface area contributed by atoms with Gasteiger partial charge in [0.15, 0.2) is 5.82 Å². The molecule has 0 aliphatic heterocycles. The molecule has 0 saturated heterocycles. The van der Waals surface area contributed by atoms with E-state index in [-0.39, 0.29) is 0 Å². The maximum atomic E-state index is 5.85. The van der Waals surface area contributed by atoms with Crippen molar-refractivity contribution in [3.05, 3.63) is 14.8 Å². The second-order valence-corrected chi connectivity index (χ2v) is 3.73. The Balaban J connectivity index is 3.09. The average Bonchev–Trinajstić information content (AvgIpc) is 2.00. The summed E-state index contributed by atoms with van der Waals surface area (Å²) < 4.78 is 0.836. The molecule has 0 fully saturated rings. The molecule has 0 unspecified atom stereocenters. The monoisotopic (exact) mass is 297 g/mol. The van der Waals surface area contributed by atoms with E-state index in [1.807, 2.05) is 6.92 Å². The van der Waals surface area contributed by atoms with E-state index in [1.54, 1.807) is 6.07 Å². The van der Waals surface area contributed by atoms with Gasteiger partial charge in [-0.25, -0.2) is 4.98 Å². The highest BCUT2D eigenvalue weighted by Crippen LogP contribution is 2.26. The number of hydrogen-bond donors (Lipinski definition) is 2. The third-order valence-electron chi connectivity index (χ3n) is 1.32. The van der Waals surface area contributed by atoms with Crippen LogP contribution in [0.1, 0.15) is 6.92 Å². The Labute approximate surface area is 89.8 Å². The maximum Gasteiger partial charge on any atom is 0.151 e. The second-order valence-electron chi connectivity index (χ2n) is 2.22. The lowest BCUT2D eigenvalue weighted by atomic mass is 10.4. The first-order chi connectivity index (χ1) is 5.65. The first kappa shape index (κ1) is 9.85. The van der Waals surface area contributed by atoms with Gasteiger partial charge in [-0.2, -0.15) is 0 Å². The summed E-state index contributed by atoms with van der Waals surface area (Å²) >= 11 is 7.94. The van der Waals surface area contributed by atoms with Gasteiger partial charge in [-0.3, -0.25) is 0 Å². The number of hydrogen-bond acceptors (Lipinski definition) is 3. The number of pyridine rings is 1. The van der Waals surface area contributed by atoms with Crippen molar-refractivity contribution in [2.45, 2.75) is 6.92 Å². The van der Waals surface area contributed by atoms with Crippen molar-refractivity contribution in [1.29, 1.82) is 0 Å². The first-order valence-electron chi connectivity index (χ1n) is 3.50. The van der Waals surface area contributed by atoms with Crippen molar-refractivity contribution in [1.82, 2.24) is 4.98 Å². The zero-order chi connectivity index (χ0) is 9.14. The van der Waals surface area contributed by atoms with Crippen LogP contribution in [0.5, 0.6) is 0 Å². The van der Waals surface area contributed by atoms with E-state index in [9.17, 15) is 0 Å². The molecule has 66 valence electrons. The van der Waals surface area contributed by atoms with Gasteiger partial charge in [0.05, 0.1) is 10.7 Å². The van der Waals surface area contributed by atoms with Crippen LogP contribution in [-0.2, 0) is 0 Å². The molecule has 0 aliphatic rings. The molecule has 1 rings (SSSR count). The molecule has 3 N–H and O–H groups in total. The Morgan fingerprint density at radius 2 is 2.42 bits per heavy atom. The van der Waals surface area contributed by atoms with Crippen LogP contribution in [0.3, 0.4) is 0 Å². The van der Waals surface area contributed by atoms with Crippen LogP contribution < -0.4 is 11.1 Å². The van der Waals surface area contributed by atoms with Gasteiger partial charge in [-0.1, -0.05) is 11.6 Å². The van der Waals surface area contributed by atoms with Gasteiger partial charge in [-0.05, 0) is 35.6 Å². The maximum absolute atomic E-state index is 5.85. The zero-order valence-corrected chi connectivity index (χ0v) is 9.48. The van der Waals surface area contributed by atoms with Crippen LogP contribution in [0, 0.1) is 3.70 Å². The van der Waals surface area contributed by atoms with E-state index < -0.39 is 0 Å². The van der Waals surface area contributed by atoms with Crippen LogP contribution in [0.15, 0.2) is 6.07 Å². The Morgan fingerprint density at radius 3 is 3.00 bits per heavy atom. The Morgan fingerprint density at radius 1 is 1.75 bits per heavy atom. The molecule has 1 aromatic heterocycles. The minimum Gasteiger partial charge on any atom is -0.395 e. The molecule has 0 atom stereocenters. The van der Waals surface area contributed by atoms with Crippen molar-refractivity contribution < 1.29 is 0 Å². The lowest BCUT2D eigenvalue weighted by Gasteiger charge is -2.07. The van der Waals surface area contributed by atoms with Gasteiger partial charge in [-0.15, -0.1) is 0 Å². The molecular weight excluding hydrogens is 288 g/mol. The van der Waals surface area contributed by atoms with Crippen LogP contribution in [0.4, 0.5) is 11.5 Å². The minimum atomic E-state index is 0.513. The average molecular weight is 298 g/mol. The van der Waals surface area contributed by atoms with E-state index in [1.165, 1.54) is 0 Å². The van der Waals surface area contributed by atoms with Crippen molar-refractivity contribution in [3.63, 3.8) is 0 Å². The minimum absolute atomic E-state index is 0.513. The highest BCUT2D eigenvalue weighted by atomic mass is 127. The van der Waals surface area contributed by atoms with E-state index in [2.05, 4.69) is 32.9 Å². The van der Waals surface area contributed by atoms with Gasteiger partial charge in [0.25, 0.3) is 0 Å². The van der Waals surface area contributed by atoms with Gasteiger partial charge in [0.1, 0.15) is 3.70 Å². The van der Waals surface area contributed by atoms with Crippen molar-refractivity contribution >= 4 is 45.7 Å². The SMILES string of the molecule is CCNc1nc(I)cc(Cl)c1N. The van der Waals surface area contributed by atoms with E-state index in [4.69, 9.17) is 17.3 Å². The lowest BCUT2D eigenvalue weighted by Crippen LogP contribution is -2.04. The summed E-state index contributed by atoms with van der Waals surface area (Å²) in [4.78, 5) is 4.19. The summed E-state index contributed by atoms with van der Waals surface area (Å²) in [6, 6.07) is 1.73. The zero-order valence-electron chi connectivity index (χ0n) is 6.56. The fourth-order valence-corrected chi connectivity index (χ4v) is 1.73. The Bertz CT molecular complexity index is 290. The summed E-state index contributed by atoms with van der Waals surface area (Å²) in [7, 11) is 0. The van der Waals surface area contributed by atoms with Crippen molar-refractivity contribution in [2.75, 3.05) is 17.6 Å². The topological polar surface area (TPSA) is 50.9 Å². The Hall–Kier alpha value is -0.230. The van der Waals surface area contributed by atoms with Gasteiger partial charge in [0.2, 0.25) is 0 Å². The lowest BCUT2D eigenvalue weighted by molar-refractivity contribution is 1.15. The number of aromatic nitrogens is 1. The summed E-state index contributed by atoms with van der Waals surface area (Å²) in [5.74, 6) is 0.661. The molecule has 1 aromatic rings. The van der Waals surface area contributed by atoms with E-state index >= 15 is 0 Å². The summed E-state index contributed by atoms with van der Waals surface area (Å²) in [6.07, 6.45) is 0. The molecule has 0 amide bonds. The quantitative estimate of drug-likeness (QED) is 0.651. The molecule has 1 heterocycles. The highest BCUT2D eigenvalue weighted by molar-refractivity contribution is 14.1. The van der Waals surface area contributed by atoms with Gasteiger partial charge >= 0.3 is 0 Å². The molecule has 3 nitrogen and oxygen atoms in total. The summed E-state index contributed by atoms with van der Waals surface area (Å²) in [5, 5.41) is 3.58. The van der Waals surface area contributed by atoms with Crippen LogP contribution in [0.25, 0.3) is 0 Å². The summed E-state index contributed by atoms with van der Waals surface area (Å²) in [5.41, 5.74) is 6.19. The number of nitrogens with zero attached hydrogens (tertiary/aromatic N) is 1. The normalized spacial score (nSPS) is 9.92. The van der Waals surface area contributed by atoms with Crippen molar-refractivity contribution in [3.8, 4) is 0 Å². The standard InChI is InChI=1S/C7H9ClIN3/c1-2-11-7-6(10)4(8)3-5(9)12-7/h3H,2,10H2,1H3,(H,11,12). The fraction of sp³-hybridized carbons (Fsp3) is 0.286. The number of rotatable bonds is 2. The Kier molecular flexibility index (Phi) is 3.39. The smallest absolute Gasteiger partial charge is 0.151 e. The third kappa shape index (κ3) is 2.13. The van der Waals surface area contributed by atoms with Crippen molar-refractivity contribution in [2.24, 2.45) is 0 Å². The molecule has 5 heteroatoms. The predicted octanol–water partition coefficient (Wildman–Crippen LogP) is 2.35. The molecule has 0 bridgehead atoms. The molecule has 12 heavy (non-hydrogen) atoms. The molecular formula is C7H9ClIN3. The van der Waals surface area contributed by atoms with Gasteiger partial charge < -0.3 is 11.1 Å². The molecule has 0 aromatic carbocycles. The number of anilines is 2. The van der Waals surface area contributed by atoms with E-state index in [0.29, 0.717) is 16.5 Å². The van der Waals surface area contributed by atoms with Crippen LogP contribution >= 0.6 is 34.2 Å². The molecule has 0 radical (unpaired) electrons. The number of halogens is 2. The van der Waals surface area contributed by atoms with Crippen LogP contribution in [0.2, 0.25) is 5.02 Å². The molecule has 0 spiro atoms. The fourth-order valence-electron chi connectivity index (χ4n) is 0.797. The van der Waals surface area contributed by atoms with Crippen LogP contribution in [-0.4, -0.2) is 11.5 Å². The number of nitrogens with one attached hydrogen (secondary N) is 1. The summed E-state index contributed by atoms with van der Waals surface area (Å²) in [6.45, 7) is 2.77. The third-order valence-corrected chi connectivity index (χ3v) is 2.19. The number of nitrogen functional groups attached to an aromatic ring is 1. The van der Waals surface area contributed by atoms with Gasteiger partial charge in [0, 0.05) is 6.54 Å². The number of nitrogens with two attached hydrogens (primary N) is 1. The first-order valence-corrected chi connectivity index (χ1v) is 4.96.